The number of aryl methyl sites for hydroxylation is 2. The normalized spacial score (nSPS) is 11.3. The topological polar surface area (TPSA) is 0 Å². The van der Waals surface area contributed by atoms with E-state index in [2.05, 4.69) is 61.8 Å². The molecule has 0 saturated carbocycles. The van der Waals surface area contributed by atoms with Crippen molar-refractivity contribution in [1.29, 1.82) is 0 Å². The first-order valence-electron chi connectivity index (χ1n) is 9.42. The second-order valence-corrected chi connectivity index (χ2v) is 7.52. The summed E-state index contributed by atoms with van der Waals surface area (Å²) < 4.78 is 1.20. The molecule has 0 amide bonds. The fourth-order valence-corrected chi connectivity index (χ4v) is 4.25. The Hall–Kier alpha value is -0.820. The highest BCUT2D eigenvalue weighted by Crippen LogP contribution is 2.35. The van der Waals surface area contributed by atoms with Gasteiger partial charge in [0.15, 0.2) is 0 Å². The number of rotatable bonds is 8. The molecule has 2 aromatic carbocycles. The van der Waals surface area contributed by atoms with Crippen LogP contribution >= 0.6 is 15.9 Å². The minimum Gasteiger partial charge on any atom is -0.0651 e. The lowest BCUT2D eigenvalue weighted by atomic mass is 9.82. The highest BCUT2D eigenvalue weighted by atomic mass is 79.9. The standard InChI is InChI=1S/C22H31Br/c1-5-9-17-18(10-6-2)20(12-8-4)22-15-16(23)13-14-21(22)19(17)11-7-3/h13-15H,5-12H2,1-4H3. The summed E-state index contributed by atoms with van der Waals surface area (Å²) in [6.07, 6.45) is 9.77. The van der Waals surface area contributed by atoms with Crippen LogP contribution in [0.1, 0.15) is 75.6 Å². The van der Waals surface area contributed by atoms with Gasteiger partial charge in [0.05, 0.1) is 0 Å². The minimum absolute atomic E-state index is 1.20. The molecule has 2 aromatic rings. The van der Waals surface area contributed by atoms with Gasteiger partial charge in [-0.15, -0.1) is 0 Å². The minimum atomic E-state index is 1.20. The van der Waals surface area contributed by atoms with Gasteiger partial charge in [0.1, 0.15) is 0 Å². The third-order valence-corrected chi connectivity index (χ3v) is 5.22. The number of halogens is 1. The fraction of sp³-hybridized carbons (Fsp3) is 0.545. The van der Waals surface area contributed by atoms with E-state index in [9.17, 15) is 0 Å². The van der Waals surface area contributed by atoms with Crippen LogP contribution in [0.4, 0.5) is 0 Å². The molecule has 0 atom stereocenters. The Balaban J connectivity index is 2.86. The monoisotopic (exact) mass is 374 g/mol. The third-order valence-electron chi connectivity index (χ3n) is 4.72. The predicted molar refractivity (Wildman–Crippen MR) is 108 cm³/mol. The third kappa shape index (κ3) is 3.99. The van der Waals surface area contributed by atoms with Crippen molar-refractivity contribution in [2.24, 2.45) is 0 Å². The molecule has 126 valence electrons. The Morgan fingerprint density at radius 3 is 1.52 bits per heavy atom. The molecular weight excluding hydrogens is 344 g/mol. The van der Waals surface area contributed by atoms with Crippen LogP contribution in [0.25, 0.3) is 10.8 Å². The lowest BCUT2D eigenvalue weighted by molar-refractivity contribution is 0.810. The van der Waals surface area contributed by atoms with Gasteiger partial charge in [0.25, 0.3) is 0 Å². The Kier molecular flexibility index (Phi) is 7.14. The molecule has 0 radical (unpaired) electrons. The quantitative estimate of drug-likeness (QED) is 0.450. The van der Waals surface area contributed by atoms with Crippen molar-refractivity contribution in [3.63, 3.8) is 0 Å². The van der Waals surface area contributed by atoms with Gasteiger partial charge in [-0.2, -0.15) is 0 Å². The summed E-state index contributed by atoms with van der Waals surface area (Å²) in [5.41, 5.74) is 6.59. The van der Waals surface area contributed by atoms with Gasteiger partial charge >= 0.3 is 0 Å². The van der Waals surface area contributed by atoms with E-state index in [0.717, 1.165) is 0 Å². The predicted octanol–water partition coefficient (Wildman–Crippen LogP) is 7.41. The van der Waals surface area contributed by atoms with Crippen molar-refractivity contribution in [2.45, 2.75) is 79.1 Å². The molecule has 0 heterocycles. The average molecular weight is 375 g/mol. The number of hydrogen-bond acceptors (Lipinski definition) is 0. The molecule has 0 nitrogen and oxygen atoms in total. The molecule has 0 unspecified atom stereocenters. The van der Waals surface area contributed by atoms with Crippen molar-refractivity contribution in [3.05, 3.63) is 44.9 Å². The fourth-order valence-electron chi connectivity index (χ4n) is 3.89. The van der Waals surface area contributed by atoms with Gasteiger partial charge in [-0.1, -0.05) is 75.4 Å². The van der Waals surface area contributed by atoms with E-state index >= 15 is 0 Å². The maximum Gasteiger partial charge on any atom is 0.0181 e. The second kappa shape index (κ2) is 8.87. The number of benzene rings is 2. The summed E-state index contributed by atoms with van der Waals surface area (Å²) in [5, 5.41) is 3.00. The maximum atomic E-state index is 3.69. The van der Waals surface area contributed by atoms with E-state index in [4.69, 9.17) is 0 Å². The van der Waals surface area contributed by atoms with E-state index in [1.54, 1.807) is 22.3 Å². The summed E-state index contributed by atoms with van der Waals surface area (Å²) in [4.78, 5) is 0. The molecule has 2 rings (SSSR count). The smallest absolute Gasteiger partial charge is 0.0181 e. The molecule has 23 heavy (non-hydrogen) atoms. The van der Waals surface area contributed by atoms with Crippen molar-refractivity contribution in [1.82, 2.24) is 0 Å². The zero-order valence-corrected chi connectivity index (χ0v) is 16.9. The SMILES string of the molecule is CCCc1c(CCC)c(CCC)c2cc(Br)ccc2c1CCC. The van der Waals surface area contributed by atoms with Gasteiger partial charge in [-0.05, 0) is 70.8 Å². The Bertz CT molecular complexity index is 655. The number of fused-ring (bicyclic) bond motifs is 1. The molecular formula is C22H31Br. The van der Waals surface area contributed by atoms with E-state index in [1.165, 1.54) is 66.6 Å². The van der Waals surface area contributed by atoms with E-state index in [1.807, 2.05) is 0 Å². The molecule has 0 bridgehead atoms. The Morgan fingerprint density at radius 2 is 1.04 bits per heavy atom. The average Bonchev–Trinajstić information content (AvgIpc) is 2.54. The second-order valence-electron chi connectivity index (χ2n) is 6.60. The van der Waals surface area contributed by atoms with Gasteiger partial charge in [-0.3, -0.25) is 0 Å². The molecule has 1 heteroatoms. The zero-order chi connectivity index (χ0) is 16.8. The molecule has 0 aliphatic heterocycles. The molecule has 0 aromatic heterocycles. The van der Waals surface area contributed by atoms with Crippen molar-refractivity contribution < 1.29 is 0 Å². The maximum absolute atomic E-state index is 3.69. The molecule has 0 fully saturated rings. The summed E-state index contributed by atoms with van der Waals surface area (Å²) in [6.45, 7) is 9.24. The summed E-state index contributed by atoms with van der Waals surface area (Å²) in [5.74, 6) is 0. The highest BCUT2D eigenvalue weighted by molar-refractivity contribution is 9.10. The van der Waals surface area contributed by atoms with Crippen molar-refractivity contribution in [3.8, 4) is 0 Å². The van der Waals surface area contributed by atoms with Gasteiger partial charge < -0.3 is 0 Å². The zero-order valence-electron chi connectivity index (χ0n) is 15.3. The highest BCUT2D eigenvalue weighted by Gasteiger charge is 2.17. The Morgan fingerprint density at radius 1 is 0.609 bits per heavy atom. The van der Waals surface area contributed by atoms with Crippen LogP contribution in [0.2, 0.25) is 0 Å². The lowest BCUT2D eigenvalue weighted by Crippen LogP contribution is -2.07. The van der Waals surface area contributed by atoms with Gasteiger partial charge in [-0.25, -0.2) is 0 Å². The Labute approximate surface area is 150 Å². The first kappa shape index (κ1) is 18.5. The molecule has 0 saturated heterocycles. The van der Waals surface area contributed by atoms with Crippen LogP contribution in [0.15, 0.2) is 22.7 Å². The summed E-state index contributed by atoms with van der Waals surface area (Å²) in [6, 6.07) is 6.92. The van der Waals surface area contributed by atoms with Gasteiger partial charge in [0, 0.05) is 4.47 Å². The summed E-state index contributed by atoms with van der Waals surface area (Å²) in [7, 11) is 0. The lowest BCUT2D eigenvalue weighted by Gasteiger charge is -2.22. The number of hydrogen-bond donors (Lipinski definition) is 0. The van der Waals surface area contributed by atoms with Crippen LogP contribution in [0.3, 0.4) is 0 Å². The van der Waals surface area contributed by atoms with E-state index < -0.39 is 0 Å². The van der Waals surface area contributed by atoms with Crippen LogP contribution < -0.4 is 0 Å². The van der Waals surface area contributed by atoms with Crippen LogP contribution in [0, 0.1) is 0 Å². The van der Waals surface area contributed by atoms with Crippen LogP contribution in [0.5, 0.6) is 0 Å². The molecule has 0 spiro atoms. The molecule has 0 N–H and O–H groups in total. The largest absolute Gasteiger partial charge is 0.0651 e. The van der Waals surface area contributed by atoms with Crippen molar-refractivity contribution in [2.75, 3.05) is 0 Å². The molecule has 0 aliphatic rings. The summed E-state index contributed by atoms with van der Waals surface area (Å²) >= 11 is 3.69. The first-order chi connectivity index (χ1) is 11.2. The van der Waals surface area contributed by atoms with Crippen LogP contribution in [-0.2, 0) is 25.7 Å². The first-order valence-corrected chi connectivity index (χ1v) is 10.2. The van der Waals surface area contributed by atoms with Gasteiger partial charge in [0.2, 0.25) is 0 Å². The van der Waals surface area contributed by atoms with Crippen LogP contribution in [-0.4, -0.2) is 0 Å². The molecule has 0 aliphatic carbocycles. The van der Waals surface area contributed by atoms with E-state index in [-0.39, 0.29) is 0 Å². The van der Waals surface area contributed by atoms with Crippen molar-refractivity contribution >= 4 is 26.7 Å². The van der Waals surface area contributed by atoms with E-state index in [0.29, 0.717) is 0 Å².